The first-order valence-corrected chi connectivity index (χ1v) is 9.58. The Morgan fingerprint density at radius 2 is 1.88 bits per heavy atom. The van der Waals surface area contributed by atoms with Crippen LogP contribution >= 0.6 is 11.3 Å². The molecule has 1 aliphatic rings. The Morgan fingerprint density at radius 1 is 1.12 bits per heavy atom. The van der Waals surface area contributed by atoms with Crippen molar-refractivity contribution in [2.24, 2.45) is 0 Å². The normalized spacial score (nSPS) is 15.5. The molecular formula is C20H21N3O2S. The lowest BCUT2D eigenvalue weighted by Gasteiger charge is -2.34. The lowest BCUT2D eigenvalue weighted by Crippen LogP contribution is -2.48. The van der Waals surface area contributed by atoms with E-state index in [-0.39, 0.29) is 11.7 Å². The Labute approximate surface area is 156 Å². The quantitative estimate of drug-likeness (QED) is 0.772. The summed E-state index contributed by atoms with van der Waals surface area (Å²) in [6, 6.07) is 13.5. The molecule has 1 N–H and O–H groups in total. The third-order valence-electron chi connectivity index (χ3n) is 4.82. The second kappa shape index (κ2) is 7.05. The van der Waals surface area contributed by atoms with Crippen LogP contribution in [0.3, 0.4) is 0 Å². The van der Waals surface area contributed by atoms with E-state index < -0.39 is 0 Å². The largest absolute Gasteiger partial charge is 0.507 e. The number of carbonyl (C=O) groups excluding carboxylic acids is 1. The number of para-hydroxylation sites is 2. The van der Waals surface area contributed by atoms with Crippen LogP contribution in [0.1, 0.15) is 20.9 Å². The van der Waals surface area contributed by atoms with Gasteiger partial charge in [-0.05, 0) is 30.7 Å². The zero-order valence-corrected chi connectivity index (χ0v) is 15.5. The van der Waals surface area contributed by atoms with Crippen LogP contribution in [-0.2, 0) is 6.54 Å². The van der Waals surface area contributed by atoms with Crippen molar-refractivity contribution in [2.45, 2.75) is 13.5 Å². The summed E-state index contributed by atoms with van der Waals surface area (Å²) in [5, 5.41) is 11.3. The van der Waals surface area contributed by atoms with Crippen LogP contribution in [-0.4, -0.2) is 52.0 Å². The van der Waals surface area contributed by atoms with Gasteiger partial charge in [-0.15, -0.1) is 11.3 Å². The summed E-state index contributed by atoms with van der Waals surface area (Å²) in [5.41, 5.74) is 2.17. The first-order valence-electron chi connectivity index (χ1n) is 8.76. The van der Waals surface area contributed by atoms with Crippen molar-refractivity contribution in [1.29, 1.82) is 0 Å². The molecule has 1 aliphatic heterocycles. The molecule has 2 aromatic carbocycles. The molecule has 0 bridgehead atoms. The fourth-order valence-electron chi connectivity index (χ4n) is 3.29. The molecule has 0 spiro atoms. The van der Waals surface area contributed by atoms with Crippen molar-refractivity contribution < 1.29 is 9.90 Å². The highest BCUT2D eigenvalue weighted by atomic mass is 32.1. The Morgan fingerprint density at radius 3 is 2.65 bits per heavy atom. The molecule has 0 radical (unpaired) electrons. The van der Waals surface area contributed by atoms with Crippen LogP contribution in [0.4, 0.5) is 0 Å². The Bertz CT molecular complexity index is 912. The van der Waals surface area contributed by atoms with Gasteiger partial charge in [0, 0.05) is 26.2 Å². The number of fused-ring (bicyclic) bond motifs is 1. The van der Waals surface area contributed by atoms with E-state index in [2.05, 4.69) is 11.0 Å². The number of amides is 1. The second-order valence-corrected chi connectivity index (χ2v) is 7.73. The van der Waals surface area contributed by atoms with Crippen LogP contribution < -0.4 is 0 Å². The van der Waals surface area contributed by atoms with E-state index in [0.717, 1.165) is 35.7 Å². The molecule has 1 saturated heterocycles. The number of phenolic OH excluding ortho intramolecular Hbond substituents is 1. The third kappa shape index (κ3) is 3.30. The molecule has 0 saturated carbocycles. The van der Waals surface area contributed by atoms with Crippen LogP contribution in [0.15, 0.2) is 42.5 Å². The highest BCUT2D eigenvalue weighted by Gasteiger charge is 2.24. The summed E-state index contributed by atoms with van der Waals surface area (Å²) in [5.74, 6) is 0.000224. The van der Waals surface area contributed by atoms with E-state index in [0.29, 0.717) is 18.7 Å². The molecule has 0 atom stereocenters. The molecule has 5 nitrogen and oxygen atoms in total. The standard InChI is InChI=1S/C20H21N3O2S/c1-14-5-4-6-15(19(14)24)20(25)23-11-9-22(10-12-23)13-18-21-16-7-2-3-8-17(16)26-18/h2-8,24H,9-13H2,1H3. The van der Waals surface area contributed by atoms with Crippen molar-refractivity contribution in [3.8, 4) is 5.75 Å². The van der Waals surface area contributed by atoms with E-state index in [4.69, 9.17) is 4.98 Å². The second-order valence-electron chi connectivity index (χ2n) is 6.61. The summed E-state index contributed by atoms with van der Waals surface area (Å²) >= 11 is 1.73. The number of aromatic nitrogens is 1. The fraction of sp³-hybridized carbons (Fsp3) is 0.300. The van der Waals surface area contributed by atoms with Gasteiger partial charge >= 0.3 is 0 Å². The molecule has 6 heteroatoms. The SMILES string of the molecule is Cc1cccc(C(=O)N2CCN(Cc3nc4ccccc4s3)CC2)c1O. The highest BCUT2D eigenvalue weighted by molar-refractivity contribution is 7.18. The Hall–Kier alpha value is -2.44. The van der Waals surface area contributed by atoms with Gasteiger partial charge in [-0.2, -0.15) is 0 Å². The number of hydrogen-bond donors (Lipinski definition) is 1. The van der Waals surface area contributed by atoms with E-state index in [1.165, 1.54) is 4.70 Å². The zero-order valence-electron chi connectivity index (χ0n) is 14.7. The average Bonchev–Trinajstić information content (AvgIpc) is 3.06. The minimum Gasteiger partial charge on any atom is -0.507 e. The van der Waals surface area contributed by atoms with Gasteiger partial charge in [0.25, 0.3) is 5.91 Å². The lowest BCUT2D eigenvalue weighted by atomic mass is 10.1. The average molecular weight is 367 g/mol. The molecule has 2 heterocycles. The molecule has 1 fully saturated rings. The summed E-state index contributed by atoms with van der Waals surface area (Å²) in [4.78, 5) is 21.5. The third-order valence-corrected chi connectivity index (χ3v) is 5.85. The van der Waals surface area contributed by atoms with Gasteiger partial charge in [-0.3, -0.25) is 9.69 Å². The van der Waals surface area contributed by atoms with Gasteiger partial charge in [0.2, 0.25) is 0 Å². The van der Waals surface area contributed by atoms with Crippen molar-refractivity contribution in [3.63, 3.8) is 0 Å². The maximum Gasteiger partial charge on any atom is 0.257 e. The van der Waals surface area contributed by atoms with Gasteiger partial charge in [-0.25, -0.2) is 4.98 Å². The van der Waals surface area contributed by atoms with Crippen LogP contribution in [0.5, 0.6) is 5.75 Å². The van der Waals surface area contributed by atoms with Crippen LogP contribution in [0.25, 0.3) is 10.2 Å². The number of thiazole rings is 1. The van der Waals surface area contributed by atoms with E-state index in [1.807, 2.05) is 42.2 Å². The number of aryl methyl sites for hydroxylation is 1. The summed E-state index contributed by atoms with van der Waals surface area (Å²) in [6.07, 6.45) is 0. The molecule has 1 aromatic heterocycles. The lowest BCUT2D eigenvalue weighted by molar-refractivity contribution is 0.0625. The molecule has 26 heavy (non-hydrogen) atoms. The Kier molecular flexibility index (Phi) is 4.61. The molecule has 4 rings (SSSR count). The van der Waals surface area contributed by atoms with Gasteiger partial charge < -0.3 is 10.0 Å². The van der Waals surface area contributed by atoms with Gasteiger partial charge in [0.15, 0.2) is 0 Å². The van der Waals surface area contributed by atoms with E-state index >= 15 is 0 Å². The number of nitrogens with zero attached hydrogens (tertiary/aromatic N) is 3. The molecule has 1 amide bonds. The van der Waals surface area contributed by atoms with E-state index in [1.54, 1.807) is 17.4 Å². The van der Waals surface area contributed by atoms with Gasteiger partial charge in [0.05, 0.1) is 22.3 Å². The first kappa shape index (κ1) is 17.0. The van der Waals surface area contributed by atoms with Crippen molar-refractivity contribution in [3.05, 3.63) is 58.6 Å². The number of benzene rings is 2. The maximum absolute atomic E-state index is 12.7. The van der Waals surface area contributed by atoms with Crippen LogP contribution in [0.2, 0.25) is 0 Å². The topological polar surface area (TPSA) is 56.7 Å². The number of piperazine rings is 1. The summed E-state index contributed by atoms with van der Waals surface area (Å²) in [7, 11) is 0. The number of aromatic hydroxyl groups is 1. The summed E-state index contributed by atoms with van der Waals surface area (Å²) in [6.45, 7) is 5.58. The Balaban J connectivity index is 1.39. The number of carbonyl (C=O) groups is 1. The predicted octanol–water partition coefficient (Wildman–Crippen LogP) is 3.27. The fourth-order valence-corrected chi connectivity index (χ4v) is 4.30. The zero-order chi connectivity index (χ0) is 18.1. The van der Waals surface area contributed by atoms with E-state index in [9.17, 15) is 9.90 Å². The minimum absolute atomic E-state index is 0.0918. The molecule has 0 aliphatic carbocycles. The minimum atomic E-state index is -0.0918. The predicted molar refractivity (Wildman–Crippen MR) is 104 cm³/mol. The molecular weight excluding hydrogens is 346 g/mol. The van der Waals surface area contributed by atoms with Crippen molar-refractivity contribution >= 4 is 27.5 Å². The monoisotopic (exact) mass is 367 g/mol. The number of rotatable bonds is 3. The highest BCUT2D eigenvalue weighted by Crippen LogP contribution is 2.25. The maximum atomic E-state index is 12.7. The molecule has 0 unspecified atom stereocenters. The van der Waals surface area contributed by atoms with Crippen LogP contribution in [0, 0.1) is 6.92 Å². The van der Waals surface area contributed by atoms with Crippen molar-refractivity contribution in [2.75, 3.05) is 26.2 Å². The van der Waals surface area contributed by atoms with Gasteiger partial charge in [-0.1, -0.05) is 24.3 Å². The summed E-state index contributed by atoms with van der Waals surface area (Å²) < 4.78 is 1.21. The smallest absolute Gasteiger partial charge is 0.257 e. The molecule has 3 aromatic rings. The molecule has 134 valence electrons. The number of phenols is 1. The number of hydrogen-bond acceptors (Lipinski definition) is 5. The van der Waals surface area contributed by atoms with Gasteiger partial charge in [0.1, 0.15) is 10.8 Å². The van der Waals surface area contributed by atoms with Crippen molar-refractivity contribution in [1.82, 2.24) is 14.8 Å². The first-order chi connectivity index (χ1) is 12.6.